The molecule has 5 nitrogen and oxygen atoms in total. The van der Waals surface area contributed by atoms with E-state index < -0.39 is 14.4 Å². The molecule has 1 aliphatic heterocycles. The Morgan fingerprint density at radius 2 is 1.55 bits per heavy atom. The van der Waals surface area contributed by atoms with Gasteiger partial charge in [-0.1, -0.05) is 108 Å². The third-order valence-electron chi connectivity index (χ3n) is 7.68. The first-order valence-electron chi connectivity index (χ1n) is 13.8. The molecule has 2 atom stereocenters. The van der Waals surface area contributed by atoms with Crippen molar-refractivity contribution in [3.8, 4) is 0 Å². The molecule has 38 heavy (non-hydrogen) atoms. The minimum atomic E-state index is -2.03. The number of carbonyl (C=O) groups excluding carboxylic acids is 2. The number of hydrogen-bond acceptors (Lipinski definition) is 4. The number of carbonyl (C=O) groups is 2. The van der Waals surface area contributed by atoms with Crippen molar-refractivity contribution in [2.24, 2.45) is 0 Å². The van der Waals surface area contributed by atoms with Crippen molar-refractivity contribution < 1.29 is 18.8 Å². The SMILES string of the molecule is CC(C)[Si](OC=C[C@H](CC=CC(=O)N1C(=O)OC[C@@H]1Cc1ccccc1)c1ccccc1)(C(C)C)C(C)C. The van der Waals surface area contributed by atoms with Crippen LogP contribution in [0.2, 0.25) is 16.6 Å². The fraction of sp³-hybridized carbons (Fsp3) is 0.438. The highest BCUT2D eigenvalue weighted by Gasteiger charge is 2.46. The lowest BCUT2D eigenvalue weighted by atomic mass is 9.95. The predicted molar refractivity (Wildman–Crippen MR) is 156 cm³/mol. The molecule has 0 N–H and O–H groups in total. The van der Waals surface area contributed by atoms with E-state index in [0.29, 0.717) is 29.5 Å². The summed E-state index contributed by atoms with van der Waals surface area (Å²) in [6.45, 7) is 13.9. The van der Waals surface area contributed by atoms with E-state index >= 15 is 0 Å². The molecule has 0 spiro atoms. The Morgan fingerprint density at radius 3 is 2.13 bits per heavy atom. The van der Waals surface area contributed by atoms with Crippen LogP contribution < -0.4 is 0 Å². The summed E-state index contributed by atoms with van der Waals surface area (Å²) < 4.78 is 11.9. The van der Waals surface area contributed by atoms with E-state index in [1.165, 1.54) is 11.0 Å². The Hall–Kier alpha value is -3.12. The van der Waals surface area contributed by atoms with Crippen molar-refractivity contribution in [2.45, 2.75) is 83.0 Å². The molecule has 3 rings (SSSR count). The second kappa shape index (κ2) is 13.6. The molecule has 2 aromatic carbocycles. The van der Waals surface area contributed by atoms with Gasteiger partial charge in [0.05, 0.1) is 12.3 Å². The quantitative estimate of drug-likeness (QED) is 0.157. The Kier molecular flexibility index (Phi) is 10.5. The lowest BCUT2D eigenvalue weighted by Crippen LogP contribution is -2.46. The fourth-order valence-corrected chi connectivity index (χ4v) is 11.0. The highest BCUT2D eigenvalue weighted by molar-refractivity contribution is 6.77. The summed E-state index contributed by atoms with van der Waals surface area (Å²) in [6.07, 6.45) is 7.99. The van der Waals surface area contributed by atoms with Crippen LogP contribution in [0.15, 0.2) is 85.2 Å². The first kappa shape index (κ1) is 29.4. The number of rotatable bonds is 12. The number of amides is 2. The van der Waals surface area contributed by atoms with Crippen LogP contribution in [0.1, 0.15) is 65.0 Å². The van der Waals surface area contributed by atoms with Gasteiger partial charge < -0.3 is 9.16 Å². The van der Waals surface area contributed by atoms with Crippen LogP contribution in [0.5, 0.6) is 0 Å². The second-order valence-corrected chi connectivity index (χ2v) is 16.5. The van der Waals surface area contributed by atoms with E-state index in [1.54, 1.807) is 0 Å². The molecule has 2 aromatic rings. The molecule has 0 bridgehead atoms. The van der Waals surface area contributed by atoms with Gasteiger partial charge in [-0.05, 0) is 52.7 Å². The van der Waals surface area contributed by atoms with Crippen LogP contribution in [-0.2, 0) is 20.4 Å². The molecule has 0 aliphatic carbocycles. The number of benzene rings is 2. The van der Waals surface area contributed by atoms with Crippen LogP contribution in [-0.4, -0.2) is 37.9 Å². The number of imide groups is 1. The standard InChI is InChI=1S/C32H43NO4Si/c1-24(2)38(25(3)4,26(5)6)37-21-20-29(28-16-11-8-12-17-28)18-13-19-31(34)33-30(23-36-32(33)35)22-27-14-9-7-10-15-27/h7-17,19-21,24-26,29-30H,18,22-23H2,1-6H3/t29-,30-/m0/s1. The third kappa shape index (κ3) is 7.04. The minimum absolute atomic E-state index is 0.0454. The van der Waals surface area contributed by atoms with Gasteiger partial charge in [-0.25, -0.2) is 9.69 Å². The van der Waals surface area contributed by atoms with E-state index in [9.17, 15) is 9.59 Å². The van der Waals surface area contributed by atoms with Crippen molar-refractivity contribution in [3.63, 3.8) is 0 Å². The number of allylic oxidation sites excluding steroid dienone is 2. The van der Waals surface area contributed by atoms with Gasteiger partial charge in [0.2, 0.25) is 0 Å². The molecular formula is C32H43NO4Si. The molecule has 6 heteroatoms. The van der Waals surface area contributed by atoms with E-state index in [-0.39, 0.29) is 24.5 Å². The smallest absolute Gasteiger partial charge is 0.417 e. The number of cyclic esters (lactones) is 1. The summed E-state index contributed by atoms with van der Waals surface area (Å²) >= 11 is 0. The Balaban J connectivity index is 1.73. The summed E-state index contributed by atoms with van der Waals surface area (Å²) in [4.78, 5) is 26.6. The largest absolute Gasteiger partial charge is 0.548 e. The summed E-state index contributed by atoms with van der Waals surface area (Å²) in [5, 5.41) is 0. The van der Waals surface area contributed by atoms with Gasteiger partial charge >= 0.3 is 6.09 Å². The topological polar surface area (TPSA) is 55.8 Å². The van der Waals surface area contributed by atoms with E-state index in [1.807, 2.05) is 60.9 Å². The van der Waals surface area contributed by atoms with Gasteiger partial charge in [-0.2, -0.15) is 0 Å². The summed E-state index contributed by atoms with van der Waals surface area (Å²) in [5.41, 5.74) is 3.69. The lowest BCUT2D eigenvalue weighted by molar-refractivity contribution is -0.124. The zero-order chi connectivity index (χ0) is 27.7. The number of hydrogen-bond donors (Lipinski definition) is 0. The van der Waals surface area contributed by atoms with Gasteiger partial charge in [0.15, 0.2) is 0 Å². The first-order chi connectivity index (χ1) is 18.2. The Morgan fingerprint density at radius 1 is 0.974 bits per heavy atom. The molecular weight excluding hydrogens is 490 g/mol. The van der Waals surface area contributed by atoms with Crippen molar-refractivity contribution >= 4 is 20.3 Å². The van der Waals surface area contributed by atoms with Crippen LogP contribution in [0.4, 0.5) is 4.79 Å². The van der Waals surface area contributed by atoms with Crippen molar-refractivity contribution in [1.82, 2.24) is 4.90 Å². The molecule has 2 amide bonds. The number of ether oxygens (including phenoxy) is 1. The van der Waals surface area contributed by atoms with Gasteiger partial charge in [0.25, 0.3) is 14.2 Å². The third-order valence-corrected chi connectivity index (χ3v) is 13.6. The fourth-order valence-electron chi connectivity index (χ4n) is 5.85. The number of nitrogens with zero attached hydrogens (tertiary/aromatic N) is 1. The predicted octanol–water partition coefficient (Wildman–Crippen LogP) is 8.01. The maximum Gasteiger partial charge on any atom is 0.417 e. The summed E-state index contributed by atoms with van der Waals surface area (Å²) in [7, 11) is -2.03. The zero-order valence-corrected chi connectivity index (χ0v) is 24.7. The summed E-state index contributed by atoms with van der Waals surface area (Å²) in [5.74, 6) is -0.296. The van der Waals surface area contributed by atoms with E-state index in [2.05, 4.69) is 59.8 Å². The highest BCUT2D eigenvalue weighted by atomic mass is 28.4. The summed E-state index contributed by atoms with van der Waals surface area (Å²) in [6, 6.07) is 19.8. The van der Waals surface area contributed by atoms with Crippen LogP contribution >= 0.6 is 0 Å². The molecule has 204 valence electrons. The van der Waals surface area contributed by atoms with E-state index in [4.69, 9.17) is 9.16 Å². The van der Waals surface area contributed by atoms with Gasteiger partial charge in [0.1, 0.15) is 6.61 Å². The average molecular weight is 534 g/mol. The maximum atomic E-state index is 13.0. The first-order valence-corrected chi connectivity index (χ1v) is 15.9. The second-order valence-electron chi connectivity index (χ2n) is 11.0. The monoisotopic (exact) mass is 533 g/mol. The molecule has 1 aliphatic rings. The lowest BCUT2D eigenvalue weighted by Gasteiger charge is -2.41. The minimum Gasteiger partial charge on any atom is -0.548 e. The zero-order valence-electron chi connectivity index (χ0n) is 23.7. The van der Waals surface area contributed by atoms with Gasteiger partial charge in [0, 0.05) is 5.92 Å². The molecule has 0 radical (unpaired) electrons. The Labute approximate surface area is 229 Å². The molecule has 0 saturated carbocycles. The average Bonchev–Trinajstić information content (AvgIpc) is 3.25. The highest BCUT2D eigenvalue weighted by Crippen LogP contribution is 2.42. The molecule has 1 heterocycles. The van der Waals surface area contributed by atoms with E-state index in [0.717, 1.165) is 11.1 Å². The molecule has 0 unspecified atom stereocenters. The van der Waals surface area contributed by atoms with Crippen LogP contribution in [0.25, 0.3) is 0 Å². The van der Waals surface area contributed by atoms with Crippen molar-refractivity contribution in [1.29, 1.82) is 0 Å². The van der Waals surface area contributed by atoms with Crippen molar-refractivity contribution in [2.75, 3.05) is 6.61 Å². The van der Waals surface area contributed by atoms with Gasteiger partial charge in [-0.3, -0.25) is 4.79 Å². The molecule has 1 fully saturated rings. The van der Waals surface area contributed by atoms with Crippen LogP contribution in [0.3, 0.4) is 0 Å². The molecule has 1 saturated heterocycles. The van der Waals surface area contributed by atoms with Gasteiger partial charge in [-0.15, -0.1) is 0 Å². The van der Waals surface area contributed by atoms with Crippen molar-refractivity contribution in [3.05, 3.63) is 96.3 Å². The molecule has 0 aromatic heterocycles. The Bertz CT molecular complexity index is 1070. The van der Waals surface area contributed by atoms with Crippen LogP contribution in [0, 0.1) is 0 Å². The maximum absolute atomic E-state index is 13.0. The normalized spacial score (nSPS) is 17.2.